The van der Waals surface area contributed by atoms with Gasteiger partial charge in [-0.1, -0.05) is 31.2 Å². The second-order valence-corrected chi connectivity index (χ2v) is 6.83. The molecule has 0 spiro atoms. The summed E-state index contributed by atoms with van der Waals surface area (Å²) in [6.45, 7) is 2.79. The van der Waals surface area contributed by atoms with Gasteiger partial charge in [-0.05, 0) is 48.6 Å². The molecule has 0 aromatic heterocycles. The van der Waals surface area contributed by atoms with E-state index in [0.29, 0.717) is 12.5 Å². The fourth-order valence-corrected chi connectivity index (χ4v) is 3.05. The first kappa shape index (κ1) is 20.3. The van der Waals surface area contributed by atoms with Crippen LogP contribution in [0.25, 0.3) is 11.7 Å². The van der Waals surface area contributed by atoms with Crippen LogP contribution in [0.4, 0.5) is 22.0 Å². The summed E-state index contributed by atoms with van der Waals surface area (Å²) in [5, 5.41) is 0. The molecule has 2 atom stereocenters. The third kappa shape index (κ3) is 5.10. The Morgan fingerprint density at radius 2 is 1.43 bits per heavy atom. The molecule has 2 aromatic carbocycles. The lowest BCUT2D eigenvalue weighted by Crippen LogP contribution is -2.18. The van der Waals surface area contributed by atoms with E-state index >= 15 is 0 Å². The molecule has 150 valence electrons. The summed E-state index contributed by atoms with van der Waals surface area (Å²) < 4.78 is 74.8. The maximum absolute atomic E-state index is 14.5. The van der Waals surface area contributed by atoms with Crippen molar-refractivity contribution in [1.29, 1.82) is 0 Å². The first-order valence-corrected chi connectivity index (χ1v) is 8.86. The Morgan fingerprint density at radius 3 is 1.89 bits per heavy atom. The normalized spacial score (nSPS) is 21.2. The monoisotopic (exact) mass is 398 g/mol. The average Bonchev–Trinajstić information content (AvgIpc) is 2.67. The van der Waals surface area contributed by atoms with Crippen molar-refractivity contribution in [2.45, 2.75) is 32.2 Å². The SMILES string of the molecule is CC1CCC(c2ccc(/C(F)=C(\F)c3ccc(OC(F)(F)F)cc3)cc2)OC1. The molecular weight excluding hydrogens is 379 g/mol. The summed E-state index contributed by atoms with van der Waals surface area (Å²) in [5.41, 5.74) is 0.763. The van der Waals surface area contributed by atoms with Crippen LogP contribution in [0.1, 0.15) is 42.6 Å². The van der Waals surface area contributed by atoms with Crippen LogP contribution in [0, 0.1) is 5.92 Å². The molecule has 1 saturated heterocycles. The quantitative estimate of drug-likeness (QED) is 0.415. The van der Waals surface area contributed by atoms with Crippen molar-refractivity contribution in [2.75, 3.05) is 6.61 Å². The van der Waals surface area contributed by atoms with Crippen LogP contribution >= 0.6 is 0 Å². The van der Waals surface area contributed by atoms with Crippen LogP contribution in [0.3, 0.4) is 0 Å². The molecule has 3 rings (SSSR count). The lowest BCUT2D eigenvalue weighted by molar-refractivity contribution is -0.274. The highest BCUT2D eigenvalue weighted by molar-refractivity contribution is 5.83. The Bertz CT molecular complexity index is 817. The van der Waals surface area contributed by atoms with Gasteiger partial charge in [0.1, 0.15) is 5.75 Å². The van der Waals surface area contributed by atoms with Gasteiger partial charge in [-0.15, -0.1) is 13.2 Å². The van der Waals surface area contributed by atoms with E-state index in [-0.39, 0.29) is 17.2 Å². The second-order valence-electron chi connectivity index (χ2n) is 6.83. The van der Waals surface area contributed by atoms with E-state index in [1.165, 1.54) is 12.1 Å². The zero-order chi connectivity index (χ0) is 20.3. The molecule has 2 unspecified atom stereocenters. The molecule has 0 radical (unpaired) electrons. The Hall–Kier alpha value is -2.41. The lowest BCUT2D eigenvalue weighted by atomic mass is 9.95. The smallest absolute Gasteiger partial charge is 0.406 e. The Balaban J connectivity index is 1.74. The Kier molecular flexibility index (Phi) is 6.03. The molecule has 1 fully saturated rings. The summed E-state index contributed by atoms with van der Waals surface area (Å²) >= 11 is 0. The topological polar surface area (TPSA) is 18.5 Å². The first-order chi connectivity index (χ1) is 13.2. The number of benzene rings is 2. The Morgan fingerprint density at radius 1 is 0.893 bits per heavy atom. The molecule has 0 saturated carbocycles. The molecular formula is C21H19F5O2. The van der Waals surface area contributed by atoms with E-state index < -0.39 is 23.8 Å². The van der Waals surface area contributed by atoms with E-state index in [1.807, 2.05) is 0 Å². The minimum Gasteiger partial charge on any atom is -0.406 e. The third-order valence-corrected chi connectivity index (χ3v) is 4.57. The van der Waals surface area contributed by atoms with Gasteiger partial charge in [0.05, 0.1) is 6.10 Å². The molecule has 2 nitrogen and oxygen atoms in total. The third-order valence-electron chi connectivity index (χ3n) is 4.57. The molecule has 1 aliphatic heterocycles. The highest BCUT2D eigenvalue weighted by atomic mass is 19.4. The zero-order valence-corrected chi connectivity index (χ0v) is 15.1. The van der Waals surface area contributed by atoms with Crippen LogP contribution in [-0.4, -0.2) is 13.0 Å². The zero-order valence-electron chi connectivity index (χ0n) is 15.1. The fourth-order valence-electron chi connectivity index (χ4n) is 3.05. The van der Waals surface area contributed by atoms with Crippen molar-refractivity contribution in [2.24, 2.45) is 5.92 Å². The maximum atomic E-state index is 14.5. The van der Waals surface area contributed by atoms with Crippen molar-refractivity contribution in [3.63, 3.8) is 0 Å². The average molecular weight is 398 g/mol. The van der Waals surface area contributed by atoms with Gasteiger partial charge in [0.25, 0.3) is 0 Å². The number of hydrogen-bond donors (Lipinski definition) is 0. The first-order valence-electron chi connectivity index (χ1n) is 8.86. The summed E-state index contributed by atoms with van der Waals surface area (Å²) in [7, 11) is 0. The van der Waals surface area contributed by atoms with Crippen molar-refractivity contribution in [3.05, 3.63) is 65.2 Å². The minimum atomic E-state index is -4.84. The fraction of sp³-hybridized carbons (Fsp3) is 0.333. The lowest BCUT2D eigenvalue weighted by Gasteiger charge is -2.27. The molecule has 0 bridgehead atoms. The molecule has 1 aliphatic rings. The van der Waals surface area contributed by atoms with Crippen LogP contribution < -0.4 is 4.74 Å². The van der Waals surface area contributed by atoms with E-state index in [0.717, 1.165) is 42.7 Å². The van der Waals surface area contributed by atoms with Crippen LogP contribution in [-0.2, 0) is 4.74 Å². The molecule has 7 heteroatoms. The summed E-state index contributed by atoms with van der Waals surface area (Å²) in [5.74, 6) is -2.24. The molecule has 0 aliphatic carbocycles. The number of hydrogen-bond acceptors (Lipinski definition) is 2. The van der Waals surface area contributed by atoms with E-state index in [9.17, 15) is 22.0 Å². The number of ether oxygens (including phenoxy) is 2. The van der Waals surface area contributed by atoms with Crippen molar-refractivity contribution in [3.8, 4) is 5.75 Å². The van der Waals surface area contributed by atoms with E-state index in [4.69, 9.17) is 4.74 Å². The van der Waals surface area contributed by atoms with Gasteiger partial charge in [0.15, 0.2) is 11.7 Å². The summed E-state index contributed by atoms with van der Waals surface area (Å²) in [6, 6.07) is 10.2. The van der Waals surface area contributed by atoms with Gasteiger partial charge in [0, 0.05) is 17.7 Å². The van der Waals surface area contributed by atoms with Crippen LogP contribution in [0.2, 0.25) is 0 Å². The molecule has 0 N–H and O–H groups in total. The number of halogens is 5. The van der Waals surface area contributed by atoms with E-state index in [2.05, 4.69) is 11.7 Å². The van der Waals surface area contributed by atoms with Crippen molar-refractivity contribution in [1.82, 2.24) is 0 Å². The second kappa shape index (κ2) is 8.31. The predicted molar refractivity (Wildman–Crippen MR) is 95.7 cm³/mol. The van der Waals surface area contributed by atoms with Gasteiger partial charge >= 0.3 is 6.36 Å². The number of rotatable bonds is 4. The molecule has 2 aromatic rings. The number of alkyl halides is 3. The minimum absolute atomic E-state index is 0.0426. The van der Waals surface area contributed by atoms with Crippen molar-refractivity contribution < 1.29 is 31.4 Å². The van der Waals surface area contributed by atoms with Gasteiger partial charge in [-0.2, -0.15) is 0 Å². The standard InChI is InChI=1S/C21H19F5O2/c1-13-2-11-18(27-12-13)14-3-5-15(6-4-14)19(22)20(23)16-7-9-17(10-8-16)28-21(24,25)26/h3-10,13,18H,2,11-12H2,1H3/b20-19+. The maximum Gasteiger partial charge on any atom is 0.573 e. The highest BCUT2D eigenvalue weighted by Crippen LogP contribution is 2.34. The summed E-state index contributed by atoms with van der Waals surface area (Å²) in [6.07, 6.45) is -2.98. The van der Waals surface area contributed by atoms with Crippen molar-refractivity contribution >= 4 is 11.7 Å². The molecule has 0 amide bonds. The highest BCUT2D eigenvalue weighted by Gasteiger charge is 2.31. The van der Waals surface area contributed by atoms with Gasteiger partial charge in [-0.3, -0.25) is 0 Å². The van der Waals surface area contributed by atoms with Crippen LogP contribution in [0.15, 0.2) is 48.5 Å². The van der Waals surface area contributed by atoms with E-state index in [1.54, 1.807) is 12.1 Å². The largest absolute Gasteiger partial charge is 0.573 e. The molecule has 28 heavy (non-hydrogen) atoms. The predicted octanol–water partition coefficient (Wildman–Crippen LogP) is 6.84. The van der Waals surface area contributed by atoms with Gasteiger partial charge in [-0.25, -0.2) is 8.78 Å². The Labute approximate surface area is 159 Å². The van der Waals surface area contributed by atoms with Gasteiger partial charge < -0.3 is 9.47 Å². The summed E-state index contributed by atoms with van der Waals surface area (Å²) in [4.78, 5) is 0. The van der Waals surface area contributed by atoms with Crippen LogP contribution in [0.5, 0.6) is 5.75 Å². The molecule has 1 heterocycles. The van der Waals surface area contributed by atoms with Gasteiger partial charge in [0.2, 0.25) is 0 Å².